The van der Waals surface area contributed by atoms with Crippen LogP contribution in [-0.4, -0.2) is 25.2 Å². The normalized spacial score (nSPS) is 11.8. The number of carbonyl (C=O) groups excluding carboxylic acids is 1. The summed E-state index contributed by atoms with van der Waals surface area (Å²) < 4.78 is 12.6. The molecular formula is C21H27BrN2O3. The van der Waals surface area contributed by atoms with Crippen LogP contribution in [0.15, 0.2) is 40.9 Å². The Balaban J connectivity index is 2.12. The summed E-state index contributed by atoms with van der Waals surface area (Å²) in [6.07, 6.45) is -0.421. The topological polar surface area (TPSA) is 59.6 Å². The number of aryl methyl sites for hydroxylation is 1. The van der Waals surface area contributed by atoms with Crippen LogP contribution in [0.2, 0.25) is 0 Å². The number of benzene rings is 2. The molecule has 0 saturated heterocycles. The summed E-state index contributed by atoms with van der Waals surface area (Å²) in [5, 5.41) is 6.01. The van der Waals surface area contributed by atoms with E-state index < -0.39 is 6.10 Å². The van der Waals surface area contributed by atoms with Gasteiger partial charge in [0, 0.05) is 29.3 Å². The van der Waals surface area contributed by atoms with Crippen molar-refractivity contribution in [3.05, 3.63) is 52.0 Å². The molecule has 1 amide bonds. The smallest absolute Gasteiger partial charge is 0.260 e. The molecule has 0 radical (unpaired) electrons. The van der Waals surface area contributed by atoms with Crippen molar-refractivity contribution in [3.8, 4) is 11.5 Å². The summed E-state index contributed by atoms with van der Waals surface area (Å²) in [4.78, 5) is 11.7. The van der Waals surface area contributed by atoms with Crippen molar-refractivity contribution in [3.63, 3.8) is 0 Å². The fourth-order valence-electron chi connectivity index (χ4n) is 2.59. The molecule has 0 aliphatic heterocycles. The number of amides is 1. The number of hydrogen-bond acceptors (Lipinski definition) is 4. The number of anilines is 1. The Morgan fingerprint density at radius 2 is 1.78 bits per heavy atom. The predicted octanol–water partition coefficient (Wildman–Crippen LogP) is 4.67. The van der Waals surface area contributed by atoms with Crippen molar-refractivity contribution < 1.29 is 14.3 Å². The van der Waals surface area contributed by atoms with Gasteiger partial charge in [0.05, 0.1) is 6.10 Å². The van der Waals surface area contributed by atoms with Crippen LogP contribution in [0, 0.1) is 6.92 Å². The van der Waals surface area contributed by atoms with E-state index in [1.807, 2.05) is 51.1 Å². The fourth-order valence-corrected chi connectivity index (χ4v) is 3.00. The zero-order valence-electron chi connectivity index (χ0n) is 16.4. The number of likely N-dealkylation sites (N-methyl/N-ethyl adjacent to an activating group) is 1. The Bertz CT molecular complexity index is 793. The zero-order valence-corrected chi connectivity index (χ0v) is 18.0. The lowest BCUT2D eigenvalue weighted by Gasteiger charge is -2.18. The third kappa shape index (κ3) is 6.17. The van der Waals surface area contributed by atoms with E-state index in [2.05, 4.69) is 32.6 Å². The summed E-state index contributed by atoms with van der Waals surface area (Å²) >= 11 is 3.50. The minimum Gasteiger partial charge on any atom is -0.491 e. The largest absolute Gasteiger partial charge is 0.491 e. The number of ether oxygens (including phenoxy) is 2. The van der Waals surface area contributed by atoms with Gasteiger partial charge in [0.2, 0.25) is 0 Å². The van der Waals surface area contributed by atoms with Gasteiger partial charge in [0.25, 0.3) is 5.91 Å². The highest BCUT2D eigenvalue weighted by Crippen LogP contribution is 2.27. The van der Waals surface area contributed by atoms with Crippen molar-refractivity contribution in [1.29, 1.82) is 0 Å². The molecule has 2 N–H and O–H groups in total. The monoisotopic (exact) mass is 434 g/mol. The van der Waals surface area contributed by atoms with Gasteiger partial charge < -0.3 is 20.1 Å². The van der Waals surface area contributed by atoms with Crippen molar-refractivity contribution in [1.82, 2.24) is 5.32 Å². The lowest BCUT2D eigenvalue weighted by Crippen LogP contribution is -2.34. The zero-order chi connectivity index (χ0) is 20.0. The van der Waals surface area contributed by atoms with Crippen molar-refractivity contribution in [2.24, 2.45) is 0 Å². The highest BCUT2D eigenvalue weighted by molar-refractivity contribution is 9.10. The maximum atomic E-state index is 11.7. The van der Waals surface area contributed by atoms with Crippen LogP contribution in [0.4, 0.5) is 5.69 Å². The molecule has 0 aliphatic carbocycles. The fraction of sp³-hybridized carbons (Fsp3) is 0.381. The molecule has 0 saturated carbocycles. The first-order valence-electron chi connectivity index (χ1n) is 8.98. The minimum absolute atomic E-state index is 0.145. The molecule has 1 unspecified atom stereocenters. The van der Waals surface area contributed by atoms with Gasteiger partial charge in [-0.1, -0.05) is 15.9 Å². The van der Waals surface area contributed by atoms with Gasteiger partial charge >= 0.3 is 0 Å². The first-order valence-corrected chi connectivity index (χ1v) is 9.77. The molecule has 0 aliphatic rings. The number of halogens is 1. The van der Waals surface area contributed by atoms with Gasteiger partial charge in [0.15, 0.2) is 6.10 Å². The van der Waals surface area contributed by atoms with E-state index >= 15 is 0 Å². The lowest BCUT2D eigenvalue weighted by molar-refractivity contribution is -0.126. The van der Waals surface area contributed by atoms with E-state index in [4.69, 9.17) is 9.47 Å². The van der Waals surface area contributed by atoms with E-state index in [0.717, 1.165) is 27.0 Å². The average Bonchev–Trinajstić information content (AvgIpc) is 2.62. The SMILES string of the molecule is CNC(=O)C(C)Oc1ccc(Br)cc1CNc1ccc(OC(C)C)c(C)c1. The summed E-state index contributed by atoms with van der Waals surface area (Å²) in [6, 6.07) is 11.8. The van der Waals surface area contributed by atoms with E-state index in [1.165, 1.54) is 0 Å². The maximum absolute atomic E-state index is 11.7. The lowest BCUT2D eigenvalue weighted by atomic mass is 10.1. The van der Waals surface area contributed by atoms with Crippen LogP contribution in [0.25, 0.3) is 0 Å². The van der Waals surface area contributed by atoms with Gasteiger partial charge in [-0.25, -0.2) is 0 Å². The van der Waals surface area contributed by atoms with Gasteiger partial charge in [-0.05, 0) is 69.7 Å². The molecule has 27 heavy (non-hydrogen) atoms. The third-order valence-electron chi connectivity index (χ3n) is 3.96. The summed E-state index contributed by atoms with van der Waals surface area (Å²) in [7, 11) is 1.60. The molecule has 5 nitrogen and oxygen atoms in total. The molecule has 146 valence electrons. The van der Waals surface area contributed by atoms with E-state index in [9.17, 15) is 4.79 Å². The number of rotatable bonds is 8. The average molecular weight is 435 g/mol. The molecule has 0 bridgehead atoms. The van der Waals surface area contributed by atoms with Gasteiger partial charge in [-0.15, -0.1) is 0 Å². The molecule has 2 aromatic carbocycles. The summed E-state index contributed by atoms with van der Waals surface area (Å²) in [5.41, 5.74) is 3.03. The molecule has 6 heteroatoms. The van der Waals surface area contributed by atoms with Crippen LogP contribution >= 0.6 is 15.9 Å². The quantitative estimate of drug-likeness (QED) is 0.633. The Morgan fingerprint density at radius 1 is 1.07 bits per heavy atom. The number of nitrogens with one attached hydrogen (secondary N) is 2. The molecule has 0 spiro atoms. The van der Waals surface area contributed by atoms with Crippen LogP contribution in [-0.2, 0) is 11.3 Å². The van der Waals surface area contributed by atoms with E-state index in [1.54, 1.807) is 14.0 Å². The Morgan fingerprint density at radius 3 is 2.41 bits per heavy atom. The van der Waals surface area contributed by atoms with E-state index in [-0.39, 0.29) is 12.0 Å². The summed E-state index contributed by atoms with van der Waals surface area (Å²) in [5.74, 6) is 1.41. The second kappa shape index (κ2) is 9.65. The number of hydrogen-bond donors (Lipinski definition) is 2. The van der Waals surface area contributed by atoms with Crippen LogP contribution in [0.3, 0.4) is 0 Å². The molecule has 2 aromatic rings. The number of carbonyl (C=O) groups is 1. The predicted molar refractivity (Wildman–Crippen MR) is 113 cm³/mol. The molecular weight excluding hydrogens is 408 g/mol. The summed E-state index contributed by atoms with van der Waals surface area (Å²) in [6.45, 7) is 8.36. The highest BCUT2D eigenvalue weighted by Gasteiger charge is 2.15. The molecule has 2 rings (SSSR count). The Kier molecular flexibility index (Phi) is 7.54. The molecule has 0 heterocycles. The van der Waals surface area contributed by atoms with Crippen LogP contribution in [0.1, 0.15) is 31.9 Å². The first kappa shape index (κ1) is 21.1. The molecule has 0 fully saturated rings. The Labute approximate surface area is 169 Å². The molecule has 1 atom stereocenters. The highest BCUT2D eigenvalue weighted by atomic mass is 79.9. The standard InChI is InChI=1S/C21H27BrN2O3/c1-13(2)26-19-9-7-18(10-14(19)3)24-12-16-11-17(22)6-8-20(16)27-15(4)21(25)23-5/h6-11,13,15,24H,12H2,1-5H3,(H,23,25). The third-order valence-corrected chi connectivity index (χ3v) is 4.46. The second-order valence-electron chi connectivity index (χ2n) is 6.63. The first-order chi connectivity index (χ1) is 12.8. The van der Waals surface area contributed by atoms with Gasteiger partial charge in [-0.2, -0.15) is 0 Å². The van der Waals surface area contributed by atoms with Crippen LogP contribution in [0.5, 0.6) is 11.5 Å². The molecule has 0 aromatic heterocycles. The van der Waals surface area contributed by atoms with Crippen molar-refractivity contribution >= 4 is 27.5 Å². The maximum Gasteiger partial charge on any atom is 0.260 e. The van der Waals surface area contributed by atoms with Gasteiger partial charge in [-0.3, -0.25) is 4.79 Å². The van der Waals surface area contributed by atoms with Crippen molar-refractivity contribution in [2.45, 2.75) is 46.4 Å². The van der Waals surface area contributed by atoms with Gasteiger partial charge in [0.1, 0.15) is 11.5 Å². The van der Waals surface area contributed by atoms with E-state index in [0.29, 0.717) is 12.3 Å². The van der Waals surface area contributed by atoms with Crippen molar-refractivity contribution in [2.75, 3.05) is 12.4 Å². The second-order valence-corrected chi connectivity index (χ2v) is 7.54. The minimum atomic E-state index is -0.565. The Hall–Kier alpha value is -2.21. The van der Waals surface area contributed by atoms with Crippen LogP contribution < -0.4 is 20.1 Å².